The topological polar surface area (TPSA) is 62.7 Å². The summed E-state index contributed by atoms with van der Waals surface area (Å²) in [5.41, 5.74) is 2.72. The van der Waals surface area contributed by atoms with E-state index < -0.39 is 0 Å². The molecule has 0 aliphatic carbocycles. The second-order valence-electron chi connectivity index (χ2n) is 5.74. The van der Waals surface area contributed by atoms with Gasteiger partial charge in [-0.05, 0) is 13.8 Å². The lowest BCUT2D eigenvalue weighted by atomic mass is 10.1. The molecule has 1 aromatic rings. The Morgan fingerprint density at radius 2 is 2.17 bits per heavy atom. The zero-order chi connectivity index (χ0) is 17.1. The minimum Gasteiger partial charge on any atom is -0.496 e. The first-order valence-corrected chi connectivity index (χ1v) is 8.61. The fourth-order valence-corrected chi connectivity index (χ4v) is 3.95. The maximum Gasteiger partial charge on any atom is 0.246 e. The number of carbonyl (C=O) groups is 2. The van der Waals surface area contributed by atoms with Gasteiger partial charge in [0.1, 0.15) is 11.8 Å². The normalized spacial score (nSPS) is 17.3. The van der Waals surface area contributed by atoms with Crippen LogP contribution in [0.4, 0.5) is 0 Å². The summed E-state index contributed by atoms with van der Waals surface area (Å²) >= 11 is 1.60. The van der Waals surface area contributed by atoms with Gasteiger partial charge in [0.15, 0.2) is 0 Å². The molecule has 0 aromatic carbocycles. The zero-order valence-corrected chi connectivity index (χ0v) is 15.1. The van der Waals surface area contributed by atoms with Crippen LogP contribution >= 0.6 is 11.8 Å². The van der Waals surface area contributed by atoms with Crippen LogP contribution in [0.5, 0.6) is 5.75 Å². The second kappa shape index (κ2) is 7.21. The quantitative estimate of drug-likeness (QED) is 0.835. The summed E-state index contributed by atoms with van der Waals surface area (Å²) in [7, 11) is 3.38. The minimum atomic E-state index is -0.379. The molecule has 2 rings (SSSR count). The van der Waals surface area contributed by atoms with E-state index in [1.54, 1.807) is 41.9 Å². The summed E-state index contributed by atoms with van der Waals surface area (Å²) in [5, 5.41) is 0. The third-order valence-corrected chi connectivity index (χ3v) is 5.10. The number of likely N-dealkylation sites (N-methyl/N-ethyl adjacent to an activating group) is 1. The average molecular weight is 337 g/mol. The van der Waals surface area contributed by atoms with Gasteiger partial charge in [-0.3, -0.25) is 14.6 Å². The highest BCUT2D eigenvalue weighted by atomic mass is 32.2. The predicted octanol–water partition coefficient (Wildman–Crippen LogP) is 1.59. The summed E-state index contributed by atoms with van der Waals surface area (Å²) < 4.78 is 5.41. The number of hydrogen-bond donors (Lipinski definition) is 0. The van der Waals surface area contributed by atoms with Crippen LogP contribution in [0.25, 0.3) is 0 Å². The molecule has 0 saturated carbocycles. The monoisotopic (exact) mass is 337 g/mol. The van der Waals surface area contributed by atoms with E-state index in [1.807, 2.05) is 13.8 Å². The van der Waals surface area contributed by atoms with Crippen molar-refractivity contribution in [2.45, 2.75) is 33.4 Å². The van der Waals surface area contributed by atoms with E-state index in [0.717, 1.165) is 22.6 Å². The van der Waals surface area contributed by atoms with Crippen molar-refractivity contribution in [1.29, 1.82) is 0 Å². The van der Waals surface area contributed by atoms with Crippen LogP contribution in [0.1, 0.15) is 23.7 Å². The lowest BCUT2D eigenvalue weighted by Gasteiger charge is -2.27. The Labute approximate surface area is 141 Å². The van der Waals surface area contributed by atoms with Gasteiger partial charge in [-0.15, -0.1) is 11.8 Å². The van der Waals surface area contributed by atoms with Gasteiger partial charge in [0.25, 0.3) is 0 Å². The smallest absolute Gasteiger partial charge is 0.246 e. The van der Waals surface area contributed by atoms with Crippen molar-refractivity contribution in [3.63, 3.8) is 0 Å². The Balaban J connectivity index is 2.14. The van der Waals surface area contributed by atoms with Gasteiger partial charge in [-0.25, -0.2) is 0 Å². The van der Waals surface area contributed by atoms with Crippen LogP contribution in [-0.4, -0.2) is 58.4 Å². The highest BCUT2D eigenvalue weighted by Gasteiger charge is 2.34. The van der Waals surface area contributed by atoms with Gasteiger partial charge in [0, 0.05) is 37.0 Å². The first kappa shape index (κ1) is 17.6. The number of aromatic nitrogens is 1. The van der Waals surface area contributed by atoms with Crippen molar-refractivity contribution < 1.29 is 14.3 Å². The molecule has 2 amide bonds. The molecule has 0 spiro atoms. The SMILES string of the molecule is COc1c(C)cnc(CN(C)C(=O)[C@@H]2CSCN2C(C)=O)c1C. The van der Waals surface area contributed by atoms with Crippen LogP contribution in [0.2, 0.25) is 0 Å². The molecule has 23 heavy (non-hydrogen) atoms. The van der Waals surface area contributed by atoms with Crippen LogP contribution in [0, 0.1) is 13.8 Å². The third kappa shape index (κ3) is 3.60. The zero-order valence-electron chi connectivity index (χ0n) is 14.3. The maximum atomic E-state index is 12.7. The van der Waals surface area contributed by atoms with Gasteiger partial charge < -0.3 is 14.5 Å². The van der Waals surface area contributed by atoms with Crippen molar-refractivity contribution in [2.75, 3.05) is 25.8 Å². The number of pyridine rings is 1. The molecule has 0 N–H and O–H groups in total. The second-order valence-corrected chi connectivity index (χ2v) is 6.74. The van der Waals surface area contributed by atoms with Crippen molar-refractivity contribution >= 4 is 23.6 Å². The van der Waals surface area contributed by atoms with Gasteiger partial charge >= 0.3 is 0 Å². The number of aryl methyl sites for hydroxylation is 1. The van der Waals surface area contributed by atoms with Crippen LogP contribution in [0.3, 0.4) is 0 Å². The fraction of sp³-hybridized carbons (Fsp3) is 0.562. The largest absolute Gasteiger partial charge is 0.496 e. The van der Waals surface area contributed by atoms with Crippen molar-refractivity contribution in [3.8, 4) is 5.75 Å². The molecular formula is C16H23N3O3S. The number of amides is 2. The standard InChI is InChI=1S/C16H23N3O3S/c1-10-6-17-13(11(2)15(10)22-5)7-18(4)16(21)14-8-23-9-19(14)12(3)20/h6,14H,7-9H2,1-5H3/t14-/m0/s1. The van der Waals surface area contributed by atoms with Crippen molar-refractivity contribution in [2.24, 2.45) is 0 Å². The predicted molar refractivity (Wildman–Crippen MR) is 90.4 cm³/mol. The molecule has 0 bridgehead atoms. The summed E-state index contributed by atoms with van der Waals surface area (Å²) in [6.45, 7) is 5.79. The number of thioether (sulfide) groups is 1. The Bertz CT molecular complexity index is 621. The summed E-state index contributed by atoms with van der Waals surface area (Å²) in [5.74, 6) is 1.92. The number of carbonyl (C=O) groups excluding carboxylic acids is 2. The highest BCUT2D eigenvalue weighted by Crippen LogP contribution is 2.26. The summed E-state index contributed by atoms with van der Waals surface area (Å²) in [6.07, 6.45) is 1.76. The van der Waals surface area contributed by atoms with E-state index in [9.17, 15) is 9.59 Å². The van der Waals surface area contributed by atoms with Crippen molar-refractivity contribution in [1.82, 2.24) is 14.8 Å². The van der Waals surface area contributed by atoms with Gasteiger partial charge in [0.05, 0.1) is 25.2 Å². The van der Waals surface area contributed by atoms with E-state index >= 15 is 0 Å². The molecule has 2 heterocycles. The first-order valence-electron chi connectivity index (χ1n) is 7.45. The molecule has 7 heteroatoms. The van der Waals surface area contributed by atoms with E-state index in [0.29, 0.717) is 18.2 Å². The molecule has 1 atom stereocenters. The van der Waals surface area contributed by atoms with E-state index in [2.05, 4.69) is 4.98 Å². The molecule has 0 radical (unpaired) electrons. The number of nitrogens with zero attached hydrogens (tertiary/aromatic N) is 3. The van der Waals surface area contributed by atoms with E-state index in [1.165, 1.54) is 6.92 Å². The first-order chi connectivity index (χ1) is 10.9. The highest BCUT2D eigenvalue weighted by molar-refractivity contribution is 7.99. The van der Waals surface area contributed by atoms with Gasteiger partial charge in [0.2, 0.25) is 11.8 Å². The Hall–Kier alpha value is -1.76. The molecule has 126 valence electrons. The van der Waals surface area contributed by atoms with Crippen LogP contribution in [-0.2, 0) is 16.1 Å². The van der Waals surface area contributed by atoms with Gasteiger partial charge in [-0.2, -0.15) is 0 Å². The molecule has 1 aromatic heterocycles. The molecular weight excluding hydrogens is 314 g/mol. The number of methoxy groups -OCH3 is 1. The van der Waals surface area contributed by atoms with Crippen LogP contribution in [0.15, 0.2) is 6.20 Å². The van der Waals surface area contributed by atoms with Gasteiger partial charge in [-0.1, -0.05) is 0 Å². The fourth-order valence-electron chi connectivity index (χ4n) is 2.75. The van der Waals surface area contributed by atoms with E-state index in [4.69, 9.17) is 4.74 Å². The Kier molecular flexibility index (Phi) is 5.51. The molecule has 1 fully saturated rings. The lowest BCUT2D eigenvalue weighted by molar-refractivity contribution is -0.141. The number of ether oxygens (including phenoxy) is 1. The Morgan fingerprint density at radius 1 is 1.48 bits per heavy atom. The molecule has 6 nitrogen and oxygen atoms in total. The summed E-state index contributed by atoms with van der Waals surface area (Å²) in [6, 6.07) is -0.379. The maximum absolute atomic E-state index is 12.7. The molecule has 1 aliphatic heterocycles. The molecule has 1 saturated heterocycles. The van der Waals surface area contributed by atoms with Crippen molar-refractivity contribution in [3.05, 3.63) is 23.0 Å². The average Bonchev–Trinajstić information content (AvgIpc) is 2.99. The number of rotatable bonds is 4. The number of hydrogen-bond acceptors (Lipinski definition) is 5. The lowest BCUT2D eigenvalue weighted by Crippen LogP contribution is -2.47. The third-order valence-electron chi connectivity index (χ3n) is 4.08. The molecule has 1 aliphatic rings. The minimum absolute atomic E-state index is 0.0501. The Morgan fingerprint density at radius 3 is 2.78 bits per heavy atom. The summed E-state index contributed by atoms with van der Waals surface area (Å²) in [4.78, 5) is 32.0. The van der Waals surface area contributed by atoms with Crippen LogP contribution < -0.4 is 4.74 Å². The van der Waals surface area contributed by atoms with E-state index in [-0.39, 0.29) is 17.9 Å². The molecule has 0 unspecified atom stereocenters.